The summed E-state index contributed by atoms with van der Waals surface area (Å²) in [6.45, 7) is 0.0946. The molecule has 3 aromatic rings. The van der Waals surface area contributed by atoms with Crippen LogP contribution in [0.4, 0.5) is 17.1 Å². The second kappa shape index (κ2) is 6.37. The van der Waals surface area contributed by atoms with Gasteiger partial charge in [0.05, 0.1) is 11.4 Å². The summed E-state index contributed by atoms with van der Waals surface area (Å²) in [4.78, 5) is 0. The highest BCUT2D eigenvalue weighted by molar-refractivity contribution is 5.99. The van der Waals surface area contributed by atoms with Crippen LogP contribution in [0.1, 0.15) is 5.56 Å². The van der Waals surface area contributed by atoms with Crippen LogP contribution in [0.15, 0.2) is 70.9 Å². The average molecular weight is 291 g/mol. The number of nitrogen functional groups attached to an aromatic ring is 1. The molecule has 0 atom stereocenters. The minimum atomic E-state index is 0.0946. The molecule has 0 aliphatic rings. The van der Waals surface area contributed by atoms with Crippen LogP contribution in [-0.2, 0) is 6.42 Å². The topological polar surface area (TPSA) is 71.0 Å². The summed E-state index contributed by atoms with van der Waals surface area (Å²) in [5, 5.41) is 19.8. The smallest absolute Gasteiger partial charge is 0.0936 e. The molecule has 3 N–H and O–H groups in total. The third-order valence-corrected chi connectivity index (χ3v) is 3.57. The number of azo groups is 1. The number of aliphatic hydroxyl groups excluding tert-OH is 1. The predicted octanol–water partition coefficient (Wildman–Crippen LogP) is 4.37. The molecule has 0 unspecified atom stereocenters. The summed E-state index contributed by atoms with van der Waals surface area (Å²) in [7, 11) is 0. The van der Waals surface area contributed by atoms with Gasteiger partial charge in [0.1, 0.15) is 0 Å². The van der Waals surface area contributed by atoms with E-state index in [4.69, 9.17) is 10.8 Å². The lowest BCUT2D eigenvalue weighted by atomic mass is 10.1. The molecular weight excluding hydrogens is 274 g/mol. The molecule has 0 aliphatic heterocycles. The predicted molar refractivity (Wildman–Crippen MR) is 89.8 cm³/mol. The van der Waals surface area contributed by atoms with Crippen molar-refractivity contribution < 1.29 is 5.11 Å². The molecule has 0 saturated carbocycles. The Hall–Kier alpha value is -2.72. The van der Waals surface area contributed by atoms with Gasteiger partial charge in [-0.15, -0.1) is 5.11 Å². The number of benzene rings is 3. The Morgan fingerprint density at radius 3 is 2.27 bits per heavy atom. The van der Waals surface area contributed by atoms with Crippen molar-refractivity contribution in [3.05, 3.63) is 66.2 Å². The van der Waals surface area contributed by atoms with Gasteiger partial charge in [-0.3, -0.25) is 0 Å². The van der Waals surface area contributed by atoms with Crippen molar-refractivity contribution in [1.29, 1.82) is 0 Å². The number of rotatable bonds is 4. The van der Waals surface area contributed by atoms with E-state index in [1.807, 2.05) is 60.7 Å². The zero-order valence-electron chi connectivity index (χ0n) is 12.1. The molecule has 0 saturated heterocycles. The molecule has 4 nitrogen and oxygen atoms in total. The highest BCUT2D eigenvalue weighted by Gasteiger charge is 2.04. The van der Waals surface area contributed by atoms with Gasteiger partial charge in [-0.1, -0.05) is 42.5 Å². The van der Waals surface area contributed by atoms with E-state index in [0.717, 1.165) is 33.4 Å². The Morgan fingerprint density at radius 1 is 0.773 bits per heavy atom. The van der Waals surface area contributed by atoms with Crippen molar-refractivity contribution in [3.8, 4) is 0 Å². The van der Waals surface area contributed by atoms with Crippen molar-refractivity contribution in [1.82, 2.24) is 0 Å². The average Bonchev–Trinajstić information content (AvgIpc) is 2.56. The molecule has 0 fully saturated rings. The van der Waals surface area contributed by atoms with Crippen molar-refractivity contribution in [2.24, 2.45) is 10.2 Å². The largest absolute Gasteiger partial charge is 0.398 e. The van der Waals surface area contributed by atoms with E-state index >= 15 is 0 Å². The first-order chi connectivity index (χ1) is 10.8. The molecule has 0 aromatic heterocycles. The Morgan fingerprint density at radius 2 is 1.45 bits per heavy atom. The Kier molecular flexibility index (Phi) is 4.12. The van der Waals surface area contributed by atoms with Crippen LogP contribution in [0.3, 0.4) is 0 Å². The quantitative estimate of drug-likeness (QED) is 0.553. The van der Waals surface area contributed by atoms with E-state index in [2.05, 4.69) is 10.2 Å². The number of hydrogen-bond acceptors (Lipinski definition) is 4. The molecule has 3 aromatic carbocycles. The SMILES string of the molecule is Nc1ccc(N=Nc2ccccc2CCO)c2ccccc12. The molecular formula is C18H17N3O. The molecule has 22 heavy (non-hydrogen) atoms. The van der Waals surface area contributed by atoms with E-state index in [1.165, 1.54) is 0 Å². The van der Waals surface area contributed by atoms with Gasteiger partial charge in [-0.2, -0.15) is 5.11 Å². The first-order valence-electron chi connectivity index (χ1n) is 7.17. The standard InChI is InChI=1S/C18H17N3O/c19-16-9-10-18(15-7-3-2-6-14(15)16)21-20-17-8-4-1-5-13(17)11-12-22/h1-10,22H,11-12,19H2. The van der Waals surface area contributed by atoms with Gasteiger partial charge in [0.25, 0.3) is 0 Å². The Balaban J connectivity index is 2.02. The van der Waals surface area contributed by atoms with Gasteiger partial charge in [0, 0.05) is 23.1 Å². The third kappa shape index (κ3) is 2.82. The first kappa shape index (κ1) is 14.2. The molecule has 110 valence electrons. The number of anilines is 1. The first-order valence-corrected chi connectivity index (χ1v) is 7.17. The molecule has 0 radical (unpaired) electrons. The zero-order valence-corrected chi connectivity index (χ0v) is 12.1. The highest BCUT2D eigenvalue weighted by Crippen LogP contribution is 2.31. The number of aliphatic hydroxyl groups is 1. The van der Waals surface area contributed by atoms with Crippen LogP contribution in [0.5, 0.6) is 0 Å². The van der Waals surface area contributed by atoms with E-state index in [9.17, 15) is 0 Å². The van der Waals surface area contributed by atoms with Crippen LogP contribution in [-0.4, -0.2) is 11.7 Å². The van der Waals surface area contributed by atoms with E-state index < -0.39 is 0 Å². The fraction of sp³-hybridized carbons (Fsp3) is 0.111. The van der Waals surface area contributed by atoms with Gasteiger partial charge in [-0.25, -0.2) is 0 Å². The fourth-order valence-electron chi connectivity index (χ4n) is 2.44. The molecule has 0 amide bonds. The van der Waals surface area contributed by atoms with Crippen molar-refractivity contribution in [2.75, 3.05) is 12.3 Å². The third-order valence-electron chi connectivity index (χ3n) is 3.57. The van der Waals surface area contributed by atoms with Gasteiger partial charge >= 0.3 is 0 Å². The van der Waals surface area contributed by atoms with Gasteiger partial charge < -0.3 is 10.8 Å². The molecule has 0 heterocycles. The van der Waals surface area contributed by atoms with E-state index in [1.54, 1.807) is 0 Å². The maximum atomic E-state index is 9.12. The summed E-state index contributed by atoms with van der Waals surface area (Å²) < 4.78 is 0. The molecule has 0 aliphatic carbocycles. The monoisotopic (exact) mass is 291 g/mol. The summed E-state index contributed by atoms with van der Waals surface area (Å²) in [5.74, 6) is 0. The second-order valence-electron chi connectivity index (χ2n) is 5.02. The van der Waals surface area contributed by atoms with Crippen molar-refractivity contribution >= 4 is 27.8 Å². The van der Waals surface area contributed by atoms with Crippen LogP contribution in [0.25, 0.3) is 10.8 Å². The zero-order chi connectivity index (χ0) is 15.4. The minimum absolute atomic E-state index is 0.0946. The maximum Gasteiger partial charge on any atom is 0.0936 e. The van der Waals surface area contributed by atoms with E-state index in [0.29, 0.717) is 6.42 Å². The summed E-state index contributed by atoms with van der Waals surface area (Å²) in [6, 6.07) is 19.3. The molecule has 0 spiro atoms. The lowest BCUT2D eigenvalue weighted by Crippen LogP contribution is -1.90. The maximum absolute atomic E-state index is 9.12. The fourth-order valence-corrected chi connectivity index (χ4v) is 2.44. The molecule has 4 heteroatoms. The number of fused-ring (bicyclic) bond motifs is 1. The highest BCUT2D eigenvalue weighted by atomic mass is 16.2. The summed E-state index contributed by atoms with van der Waals surface area (Å²) in [6.07, 6.45) is 0.567. The minimum Gasteiger partial charge on any atom is -0.398 e. The number of nitrogens with two attached hydrogens (primary N) is 1. The lowest BCUT2D eigenvalue weighted by Gasteiger charge is -2.05. The van der Waals surface area contributed by atoms with Gasteiger partial charge in [0.2, 0.25) is 0 Å². The number of nitrogens with zero attached hydrogens (tertiary/aromatic N) is 2. The Bertz CT molecular complexity index is 827. The molecule has 0 bridgehead atoms. The van der Waals surface area contributed by atoms with Crippen molar-refractivity contribution in [3.63, 3.8) is 0 Å². The van der Waals surface area contributed by atoms with Crippen LogP contribution in [0, 0.1) is 0 Å². The normalized spacial score (nSPS) is 11.3. The summed E-state index contributed by atoms with van der Waals surface area (Å²) in [5.41, 5.74) is 9.26. The van der Waals surface area contributed by atoms with Crippen molar-refractivity contribution in [2.45, 2.75) is 6.42 Å². The Labute approximate surface area is 128 Å². The van der Waals surface area contributed by atoms with Gasteiger partial charge in [-0.05, 0) is 30.2 Å². The van der Waals surface area contributed by atoms with Crippen LogP contribution < -0.4 is 5.73 Å². The molecule has 3 rings (SSSR count). The van der Waals surface area contributed by atoms with Crippen LogP contribution >= 0.6 is 0 Å². The summed E-state index contributed by atoms with van der Waals surface area (Å²) >= 11 is 0. The van der Waals surface area contributed by atoms with Crippen LogP contribution in [0.2, 0.25) is 0 Å². The number of hydrogen-bond donors (Lipinski definition) is 2. The van der Waals surface area contributed by atoms with Gasteiger partial charge in [0.15, 0.2) is 0 Å². The van der Waals surface area contributed by atoms with E-state index in [-0.39, 0.29) is 6.61 Å². The second-order valence-corrected chi connectivity index (χ2v) is 5.02. The lowest BCUT2D eigenvalue weighted by molar-refractivity contribution is 0.300.